The molecule has 0 atom stereocenters. The summed E-state index contributed by atoms with van der Waals surface area (Å²) in [7, 11) is 0. The lowest BCUT2D eigenvalue weighted by Crippen LogP contribution is -1.92. The van der Waals surface area contributed by atoms with Gasteiger partial charge in [-0.1, -0.05) is 48.5 Å². The van der Waals surface area contributed by atoms with Crippen molar-refractivity contribution in [1.29, 1.82) is 0 Å². The van der Waals surface area contributed by atoms with Crippen molar-refractivity contribution in [2.24, 2.45) is 0 Å². The van der Waals surface area contributed by atoms with Crippen LogP contribution < -0.4 is 0 Å². The Kier molecular flexibility index (Phi) is 2.69. The maximum absolute atomic E-state index is 11.3. The van der Waals surface area contributed by atoms with Crippen molar-refractivity contribution < 1.29 is 4.79 Å². The molecule has 3 aromatic rings. The highest BCUT2D eigenvalue weighted by Gasteiger charge is 2.10. The molecule has 1 heterocycles. The van der Waals surface area contributed by atoms with E-state index in [1.165, 1.54) is 5.56 Å². The zero-order valence-corrected chi connectivity index (χ0v) is 9.89. The van der Waals surface area contributed by atoms with Gasteiger partial charge in [0, 0.05) is 28.6 Å². The topological polar surface area (TPSA) is 32.9 Å². The Balaban J connectivity index is 2.09. The monoisotopic (exact) mass is 235 g/mol. The molecule has 1 aromatic heterocycles. The molecule has 3 rings (SSSR count). The normalized spacial score (nSPS) is 10.7. The maximum atomic E-state index is 11.3. The molecule has 0 aliphatic heterocycles. The number of fused-ring (bicyclic) bond motifs is 1. The third-order valence-electron chi connectivity index (χ3n) is 3.17. The SMILES string of the molecule is O=Cc1c(Cc2ccccc2)[nH]c2ccccc12. The first kappa shape index (κ1) is 10.8. The van der Waals surface area contributed by atoms with E-state index in [9.17, 15) is 4.79 Å². The van der Waals surface area contributed by atoms with Crippen molar-refractivity contribution in [2.75, 3.05) is 0 Å². The van der Waals surface area contributed by atoms with Crippen LogP contribution in [0.2, 0.25) is 0 Å². The molecule has 2 nitrogen and oxygen atoms in total. The summed E-state index contributed by atoms with van der Waals surface area (Å²) in [6.07, 6.45) is 1.70. The van der Waals surface area contributed by atoms with Gasteiger partial charge in [-0.3, -0.25) is 4.79 Å². The number of hydrogen-bond acceptors (Lipinski definition) is 1. The molecule has 0 spiro atoms. The van der Waals surface area contributed by atoms with Gasteiger partial charge in [0.2, 0.25) is 0 Å². The van der Waals surface area contributed by atoms with Crippen LogP contribution in [0.15, 0.2) is 54.6 Å². The number of rotatable bonds is 3. The number of benzene rings is 2. The quantitative estimate of drug-likeness (QED) is 0.692. The zero-order valence-electron chi connectivity index (χ0n) is 9.89. The molecule has 0 fully saturated rings. The van der Waals surface area contributed by atoms with Crippen molar-refractivity contribution in [1.82, 2.24) is 4.98 Å². The Morgan fingerprint density at radius 3 is 2.44 bits per heavy atom. The summed E-state index contributed by atoms with van der Waals surface area (Å²) in [4.78, 5) is 14.6. The second kappa shape index (κ2) is 4.49. The number of aromatic nitrogens is 1. The van der Waals surface area contributed by atoms with Crippen molar-refractivity contribution >= 4 is 17.2 Å². The minimum atomic E-state index is 0.754. The summed E-state index contributed by atoms with van der Waals surface area (Å²) in [6, 6.07) is 18.1. The summed E-state index contributed by atoms with van der Waals surface area (Å²) < 4.78 is 0. The third-order valence-corrected chi connectivity index (χ3v) is 3.17. The first-order valence-electron chi connectivity index (χ1n) is 5.97. The molecule has 18 heavy (non-hydrogen) atoms. The summed E-state index contributed by atoms with van der Waals surface area (Å²) in [5, 5.41) is 0.999. The van der Waals surface area contributed by atoms with E-state index >= 15 is 0 Å². The average Bonchev–Trinajstić information content (AvgIpc) is 2.77. The molecule has 0 amide bonds. The van der Waals surface area contributed by atoms with Gasteiger partial charge in [0.05, 0.1) is 0 Å². The number of nitrogens with one attached hydrogen (secondary N) is 1. The van der Waals surface area contributed by atoms with Gasteiger partial charge in [-0.15, -0.1) is 0 Å². The van der Waals surface area contributed by atoms with Gasteiger partial charge >= 0.3 is 0 Å². The van der Waals surface area contributed by atoms with E-state index in [0.717, 1.165) is 34.9 Å². The van der Waals surface area contributed by atoms with Crippen LogP contribution in [0.1, 0.15) is 21.6 Å². The van der Waals surface area contributed by atoms with E-state index in [1.54, 1.807) is 0 Å². The van der Waals surface area contributed by atoms with Crippen LogP contribution in [0.25, 0.3) is 10.9 Å². The van der Waals surface area contributed by atoms with Gasteiger partial charge < -0.3 is 4.98 Å². The first-order valence-corrected chi connectivity index (χ1v) is 5.97. The van der Waals surface area contributed by atoms with E-state index < -0.39 is 0 Å². The van der Waals surface area contributed by atoms with E-state index in [2.05, 4.69) is 17.1 Å². The molecular weight excluding hydrogens is 222 g/mol. The minimum Gasteiger partial charge on any atom is -0.358 e. The Morgan fingerprint density at radius 2 is 1.67 bits per heavy atom. The molecule has 2 heteroatoms. The molecule has 88 valence electrons. The third kappa shape index (κ3) is 1.82. The van der Waals surface area contributed by atoms with Crippen molar-refractivity contribution in [3.63, 3.8) is 0 Å². The molecule has 0 unspecified atom stereocenters. The minimum absolute atomic E-state index is 0.754. The van der Waals surface area contributed by atoms with E-state index in [0.29, 0.717) is 0 Å². The van der Waals surface area contributed by atoms with Crippen LogP contribution >= 0.6 is 0 Å². The lowest BCUT2D eigenvalue weighted by molar-refractivity contribution is 0.112. The average molecular weight is 235 g/mol. The Labute approximate surface area is 105 Å². The van der Waals surface area contributed by atoms with E-state index in [4.69, 9.17) is 0 Å². The highest BCUT2D eigenvalue weighted by Crippen LogP contribution is 2.22. The lowest BCUT2D eigenvalue weighted by Gasteiger charge is -1.99. The molecule has 1 N–H and O–H groups in total. The molecule has 0 aliphatic carbocycles. The first-order chi connectivity index (χ1) is 8.88. The van der Waals surface area contributed by atoms with Crippen molar-refractivity contribution in [3.8, 4) is 0 Å². The van der Waals surface area contributed by atoms with Crippen LogP contribution in [0.4, 0.5) is 0 Å². The van der Waals surface area contributed by atoms with Gasteiger partial charge in [0.15, 0.2) is 6.29 Å². The van der Waals surface area contributed by atoms with Crippen molar-refractivity contribution in [3.05, 3.63) is 71.4 Å². The Hall–Kier alpha value is -2.35. The molecule has 0 saturated carbocycles. The lowest BCUT2D eigenvalue weighted by atomic mass is 10.1. The summed E-state index contributed by atoms with van der Waals surface area (Å²) >= 11 is 0. The Morgan fingerprint density at radius 1 is 0.944 bits per heavy atom. The number of carbonyl (C=O) groups is 1. The summed E-state index contributed by atoms with van der Waals surface area (Å²) in [6.45, 7) is 0. The highest BCUT2D eigenvalue weighted by molar-refractivity contribution is 5.98. The van der Waals surface area contributed by atoms with Gasteiger partial charge in [0.1, 0.15) is 0 Å². The smallest absolute Gasteiger partial charge is 0.152 e. The van der Waals surface area contributed by atoms with Crippen LogP contribution in [0.3, 0.4) is 0 Å². The van der Waals surface area contributed by atoms with Crippen LogP contribution in [0, 0.1) is 0 Å². The molecule has 0 saturated heterocycles. The van der Waals surface area contributed by atoms with Gasteiger partial charge in [0.25, 0.3) is 0 Å². The van der Waals surface area contributed by atoms with Crippen LogP contribution in [0.5, 0.6) is 0 Å². The van der Waals surface area contributed by atoms with E-state index in [1.807, 2.05) is 42.5 Å². The zero-order chi connectivity index (χ0) is 12.4. The Bertz CT molecular complexity index is 683. The molecule has 0 bridgehead atoms. The van der Waals surface area contributed by atoms with Gasteiger partial charge in [-0.25, -0.2) is 0 Å². The molecular formula is C16H13NO. The highest BCUT2D eigenvalue weighted by atomic mass is 16.1. The predicted molar refractivity (Wildman–Crippen MR) is 72.9 cm³/mol. The predicted octanol–water partition coefficient (Wildman–Crippen LogP) is 3.57. The maximum Gasteiger partial charge on any atom is 0.152 e. The second-order valence-corrected chi connectivity index (χ2v) is 4.34. The largest absolute Gasteiger partial charge is 0.358 e. The number of aldehydes is 1. The number of H-pyrrole nitrogens is 1. The second-order valence-electron chi connectivity index (χ2n) is 4.34. The summed E-state index contributed by atoms with van der Waals surface area (Å²) in [5.41, 5.74) is 3.98. The standard InChI is InChI=1S/C16H13NO/c18-11-14-13-8-4-5-9-15(13)17-16(14)10-12-6-2-1-3-7-12/h1-9,11,17H,10H2. The fourth-order valence-electron chi connectivity index (χ4n) is 2.29. The van der Waals surface area contributed by atoms with Crippen LogP contribution in [-0.4, -0.2) is 11.3 Å². The fourth-order valence-corrected chi connectivity index (χ4v) is 2.29. The fraction of sp³-hybridized carbons (Fsp3) is 0.0625. The van der Waals surface area contributed by atoms with Gasteiger partial charge in [-0.05, 0) is 11.6 Å². The number of hydrogen-bond donors (Lipinski definition) is 1. The number of aromatic amines is 1. The van der Waals surface area contributed by atoms with Crippen LogP contribution in [-0.2, 0) is 6.42 Å². The number of para-hydroxylation sites is 1. The molecule has 0 radical (unpaired) electrons. The van der Waals surface area contributed by atoms with E-state index in [-0.39, 0.29) is 0 Å². The van der Waals surface area contributed by atoms with Crippen molar-refractivity contribution in [2.45, 2.75) is 6.42 Å². The molecule has 2 aromatic carbocycles. The summed E-state index contributed by atoms with van der Waals surface area (Å²) in [5.74, 6) is 0. The number of carbonyl (C=O) groups excluding carboxylic acids is 1. The molecule has 0 aliphatic rings. The van der Waals surface area contributed by atoms with Gasteiger partial charge in [-0.2, -0.15) is 0 Å².